The second kappa shape index (κ2) is 19.4. The maximum atomic E-state index is 11.8. The fourth-order valence-electron chi connectivity index (χ4n) is 3.19. The van der Waals surface area contributed by atoms with Gasteiger partial charge in [-0.15, -0.1) is 0 Å². The Labute approximate surface area is 206 Å². The van der Waals surface area contributed by atoms with Crippen molar-refractivity contribution in [2.75, 3.05) is 6.61 Å². The number of carbonyl (C=O) groups is 1. The molecule has 0 aromatic heterocycles. The Morgan fingerprint density at radius 1 is 0.778 bits per heavy atom. The van der Waals surface area contributed by atoms with Crippen LogP contribution in [0.2, 0.25) is 0 Å². The van der Waals surface area contributed by atoms with Gasteiger partial charge in [-0.3, -0.25) is 0 Å². The predicted molar refractivity (Wildman–Crippen MR) is 114 cm³/mol. The zero-order valence-electron chi connectivity index (χ0n) is 17.4. The van der Waals surface area contributed by atoms with Crippen molar-refractivity contribution in [3.63, 3.8) is 0 Å². The zero-order valence-corrected chi connectivity index (χ0v) is 21.8. The molecule has 0 aliphatic heterocycles. The van der Waals surface area contributed by atoms with Crippen molar-refractivity contribution in [3.8, 4) is 5.75 Å². The summed E-state index contributed by atoms with van der Waals surface area (Å²) < 4.78 is 5.22. The van der Waals surface area contributed by atoms with Crippen LogP contribution in [0.1, 0.15) is 107 Å². The van der Waals surface area contributed by atoms with Crippen LogP contribution in [0.5, 0.6) is 5.75 Å². The third-order valence-corrected chi connectivity index (χ3v) is 4.86. The molecular weight excluding hydrogens is 462 g/mol. The van der Waals surface area contributed by atoms with E-state index in [1.807, 2.05) is 0 Å². The van der Waals surface area contributed by atoms with E-state index in [0.717, 1.165) is 12.8 Å². The van der Waals surface area contributed by atoms with E-state index in [-0.39, 0.29) is 60.2 Å². The van der Waals surface area contributed by atoms with Crippen molar-refractivity contribution >= 4 is 54.9 Å². The van der Waals surface area contributed by atoms with E-state index in [4.69, 9.17) is 4.74 Å². The average Bonchev–Trinajstić information content (AvgIpc) is 2.65. The van der Waals surface area contributed by atoms with Gasteiger partial charge in [0.25, 0.3) is 0 Å². The summed E-state index contributed by atoms with van der Waals surface area (Å²) in [5, 5.41) is 9.61. The molecule has 0 amide bonds. The van der Waals surface area contributed by atoms with Crippen LogP contribution in [0, 0.1) is 0 Å². The molecule has 1 rings (SSSR count). The van der Waals surface area contributed by atoms with E-state index in [2.05, 4.69) is 6.92 Å². The first kappa shape index (κ1) is 27.1. The van der Waals surface area contributed by atoms with Gasteiger partial charge in [0.1, 0.15) is 11.3 Å². The van der Waals surface area contributed by atoms with Gasteiger partial charge in [0, 0.05) is 48.9 Å². The number of esters is 1. The summed E-state index contributed by atoms with van der Waals surface area (Å²) in [6.07, 6.45) is 18.3. The van der Waals surface area contributed by atoms with Gasteiger partial charge in [-0.2, -0.15) is 0 Å². The molecule has 0 aliphatic carbocycles. The van der Waals surface area contributed by atoms with Gasteiger partial charge < -0.3 is 9.84 Å². The zero-order chi connectivity index (χ0) is 18.9. The number of para-hydroxylation sites is 1. The molecule has 0 unspecified atom stereocenters. The third kappa shape index (κ3) is 14.7. The van der Waals surface area contributed by atoms with Crippen molar-refractivity contribution in [2.45, 2.75) is 96.8 Å². The summed E-state index contributed by atoms with van der Waals surface area (Å²) in [4.78, 5) is 11.8. The van der Waals surface area contributed by atoms with Crippen LogP contribution in [0.25, 0.3) is 0 Å². The van der Waals surface area contributed by atoms with Gasteiger partial charge in [0.05, 0.1) is 6.61 Å². The molecule has 0 heterocycles. The maximum absolute atomic E-state index is 11.8. The summed E-state index contributed by atoms with van der Waals surface area (Å²) in [6, 6.07) is 6.51. The van der Waals surface area contributed by atoms with E-state index in [1.54, 1.807) is 18.2 Å². The molecular formula is C23H38BaO3. The summed E-state index contributed by atoms with van der Waals surface area (Å²) >= 11 is 0. The number of hydrogen-bond donors (Lipinski definition) is 1. The summed E-state index contributed by atoms with van der Waals surface area (Å²) in [7, 11) is 0. The molecule has 0 bridgehead atoms. The third-order valence-electron chi connectivity index (χ3n) is 4.86. The Kier molecular flexibility index (Phi) is 19.4. The molecule has 2 radical (unpaired) electrons. The fraction of sp³-hybridized carbons (Fsp3) is 0.696. The van der Waals surface area contributed by atoms with E-state index >= 15 is 0 Å². The van der Waals surface area contributed by atoms with Crippen molar-refractivity contribution < 1.29 is 14.6 Å². The normalized spacial score (nSPS) is 10.4. The maximum Gasteiger partial charge on any atom is 0.341 e. The topological polar surface area (TPSA) is 46.5 Å². The number of phenolic OH excluding ortho intramolecular Hbond substituents is 1. The van der Waals surface area contributed by atoms with Crippen LogP contribution in [0.15, 0.2) is 24.3 Å². The molecule has 1 aromatic carbocycles. The SMILES string of the molecule is CCCCCCCCCCCCCCCCOC(=O)c1ccccc1O.[Ba]. The molecule has 1 N–H and O–H groups in total. The molecule has 0 aliphatic rings. The minimum Gasteiger partial charge on any atom is -0.507 e. The number of aromatic hydroxyl groups is 1. The molecule has 150 valence electrons. The first-order chi connectivity index (χ1) is 12.8. The number of unbranched alkanes of at least 4 members (excludes halogenated alkanes) is 13. The van der Waals surface area contributed by atoms with Crippen LogP contribution in [-0.4, -0.2) is 66.6 Å². The van der Waals surface area contributed by atoms with Gasteiger partial charge in [-0.05, 0) is 18.6 Å². The summed E-state index contributed by atoms with van der Waals surface area (Å²) in [5.41, 5.74) is 0.248. The van der Waals surface area contributed by atoms with Gasteiger partial charge in [0.2, 0.25) is 0 Å². The molecule has 0 atom stereocenters. The second-order valence-electron chi connectivity index (χ2n) is 7.25. The van der Waals surface area contributed by atoms with Gasteiger partial charge >= 0.3 is 5.97 Å². The first-order valence-corrected chi connectivity index (χ1v) is 10.7. The second-order valence-corrected chi connectivity index (χ2v) is 7.25. The Morgan fingerprint density at radius 3 is 1.70 bits per heavy atom. The van der Waals surface area contributed by atoms with Crippen LogP contribution in [0.4, 0.5) is 0 Å². The Hall–Kier alpha value is 0.0614. The largest absolute Gasteiger partial charge is 0.507 e. The van der Waals surface area contributed by atoms with E-state index in [0.29, 0.717) is 6.61 Å². The van der Waals surface area contributed by atoms with Crippen molar-refractivity contribution in [1.29, 1.82) is 0 Å². The van der Waals surface area contributed by atoms with Gasteiger partial charge in [-0.25, -0.2) is 4.79 Å². The Balaban J connectivity index is 0.00000676. The predicted octanol–water partition coefficient (Wildman–Crippen LogP) is 6.65. The van der Waals surface area contributed by atoms with Crippen molar-refractivity contribution in [2.24, 2.45) is 0 Å². The van der Waals surface area contributed by atoms with E-state index in [9.17, 15) is 9.90 Å². The molecule has 0 saturated carbocycles. The first-order valence-electron chi connectivity index (χ1n) is 10.7. The van der Waals surface area contributed by atoms with Gasteiger partial charge in [-0.1, -0.05) is 103 Å². The van der Waals surface area contributed by atoms with Crippen LogP contribution < -0.4 is 0 Å². The number of rotatable bonds is 16. The monoisotopic (exact) mass is 500 g/mol. The summed E-state index contributed by atoms with van der Waals surface area (Å²) in [5.74, 6) is -0.448. The van der Waals surface area contributed by atoms with E-state index in [1.165, 1.54) is 83.1 Å². The Morgan fingerprint density at radius 2 is 1.22 bits per heavy atom. The van der Waals surface area contributed by atoms with Crippen LogP contribution in [-0.2, 0) is 4.74 Å². The molecule has 0 saturated heterocycles. The van der Waals surface area contributed by atoms with Crippen LogP contribution >= 0.6 is 0 Å². The average molecular weight is 500 g/mol. The molecule has 1 aromatic rings. The Bertz CT molecular complexity index is 476. The van der Waals surface area contributed by atoms with Crippen molar-refractivity contribution in [1.82, 2.24) is 0 Å². The number of phenols is 1. The van der Waals surface area contributed by atoms with Gasteiger partial charge in [0.15, 0.2) is 0 Å². The number of hydrogen-bond acceptors (Lipinski definition) is 3. The number of carbonyl (C=O) groups excluding carboxylic acids is 1. The van der Waals surface area contributed by atoms with Crippen LogP contribution in [0.3, 0.4) is 0 Å². The fourth-order valence-corrected chi connectivity index (χ4v) is 3.19. The molecule has 3 nitrogen and oxygen atoms in total. The quantitative estimate of drug-likeness (QED) is 0.157. The summed E-state index contributed by atoms with van der Waals surface area (Å²) in [6.45, 7) is 2.70. The molecule has 27 heavy (non-hydrogen) atoms. The standard InChI is InChI=1S/C23H38O3.Ba/c1-2-3-4-5-6-7-8-9-10-11-12-13-14-17-20-26-23(25)21-18-15-16-19-22(21)24;/h15-16,18-19,24H,2-14,17,20H2,1H3;. The smallest absolute Gasteiger partial charge is 0.341 e. The number of benzene rings is 1. The number of ether oxygens (including phenoxy) is 1. The molecule has 0 fully saturated rings. The molecule has 4 heteroatoms. The minimum absolute atomic E-state index is 0. The minimum atomic E-state index is -0.433. The molecule has 0 spiro atoms. The van der Waals surface area contributed by atoms with E-state index < -0.39 is 5.97 Å². The van der Waals surface area contributed by atoms with Crippen molar-refractivity contribution in [3.05, 3.63) is 29.8 Å².